The zero-order chi connectivity index (χ0) is 17.5. The molecule has 0 spiro atoms. The molecule has 1 unspecified atom stereocenters. The van der Waals surface area contributed by atoms with Crippen LogP contribution in [-0.4, -0.2) is 30.6 Å². The van der Waals surface area contributed by atoms with Crippen molar-refractivity contribution in [1.29, 1.82) is 0 Å². The van der Waals surface area contributed by atoms with Gasteiger partial charge in [-0.05, 0) is 42.8 Å². The Bertz CT molecular complexity index is 730. The summed E-state index contributed by atoms with van der Waals surface area (Å²) in [5, 5.41) is 15.3. The summed E-state index contributed by atoms with van der Waals surface area (Å²) in [4.78, 5) is 23.5. The van der Waals surface area contributed by atoms with Crippen molar-refractivity contribution in [1.82, 2.24) is 5.32 Å². The molecule has 0 aliphatic carbocycles. The van der Waals surface area contributed by atoms with Gasteiger partial charge in [0.1, 0.15) is 5.75 Å². The number of rotatable bonds is 6. The molecule has 0 bridgehead atoms. The molecular formula is C18H20N2O4. The molecule has 0 aliphatic rings. The first kappa shape index (κ1) is 17.5. The molecule has 0 saturated carbocycles. The molecule has 0 heterocycles. The summed E-state index contributed by atoms with van der Waals surface area (Å²) < 4.78 is 4.65. The Balaban J connectivity index is 1.90. The standard InChI is InChI=1S/C18H20N2O4/c1-12(13-5-4-8-16(21)10-13)19-11-17(22)20-15-7-3-6-14(9-15)18(23)24-2/h3-10,12,19,21H,11H2,1-2H3,(H,20,22). The molecule has 0 saturated heterocycles. The molecule has 24 heavy (non-hydrogen) atoms. The molecule has 2 rings (SSSR count). The number of phenols is 1. The number of phenolic OH excluding ortho intramolecular Hbond substituents is 1. The topological polar surface area (TPSA) is 87.7 Å². The number of aromatic hydroxyl groups is 1. The smallest absolute Gasteiger partial charge is 0.337 e. The fourth-order valence-corrected chi connectivity index (χ4v) is 2.20. The van der Waals surface area contributed by atoms with Crippen LogP contribution in [0.5, 0.6) is 5.75 Å². The maximum Gasteiger partial charge on any atom is 0.337 e. The predicted octanol–water partition coefficient (Wildman–Crippen LogP) is 2.47. The molecule has 0 radical (unpaired) electrons. The van der Waals surface area contributed by atoms with Crippen molar-refractivity contribution in [2.45, 2.75) is 13.0 Å². The lowest BCUT2D eigenvalue weighted by Crippen LogP contribution is -2.30. The van der Waals surface area contributed by atoms with Crippen LogP contribution >= 0.6 is 0 Å². The minimum Gasteiger partial charge on any atom is -0.508 e. The number of hydrogen-bond donors (Lipinski definition) is 3. The van der Waals surface area contributed by atoms with Crippen molar-refractivity contribution in [3.8, 4) is 5.75 Å². The molecule has 126 valence electrons. The summed E-state index contributed by atoms with van der Waals surface area (Å²) >= 11 is 0. The lowest BCUT2D eigenvalue weighted by Gasteiger charge is -2.14. The number of methoxy groups -OCH3 is 1. The Kier molecular flexibility index (Phi) is 5.92. The van der Waals surface area contributed by atoms with Crippen LogP contribution < -0.4 is 10.6 Å². The van der Waals surface area contributed by atoms with Gasteiger partial charge in [0.15, 0.2) is 0 Å². The number of hydrogen-bond acceptors (Lipinski definition) is 5. The van der Waals surface area contributed by atoms with Crippen LogP contribution in [-0.2, 0) is 9.53 Å². The van der Waals surface area contributed by atoms with E-state index in [-0.39, 0.29) is 24.2 Å². The monoisotopic (exact) mass is 328 g/mol. The predicted molar refractivity (Wildman–Crippen MR) is 90.9 cm³/mol. The van der Waals surface area contributed by atoms with Crippen molar-refractivity contribution in [2.24, 2.45) is 0 Å². The van der Waals surface area contributed by atoms with E-state index in [2.05, 4.69) is 15.4 Å². The van der Waals surface area contributed by atoms with Crippen LogP contribution in [0.15, 0.2) is 48.5 Å². The van der Waals surface area contributed by atoms with Gasteiger partial charge >= 0.3 is 5.97 Å². The number of carbonyl (C=O) groups is 2. The third-order valence-electron chi connectivity index (χ3n) is 3.51. The van der Waals surface area contributed by atoms with E-state index in [1.165, 1.54) is 7.11 Å². The minimum atomic E-state index is -0.457. The van der Waals surface area contributed by atoms with Gasteiger partial charge < -0.3 is 20.5 Å². The average molecular weight is 328 g/mol. The fraction of sp³-hybridized carbons (Fsp3) is 0.222. The molecule has 2 aromatic rings. The molecular weight excluding hydrogens is 308 g/mol. The van der Waals surface area contributed by atoms with Gasteiger partial charge in [0.25, 0.3) is 0 Å². The third-order valence-corrected chi connectivity index (χ3v) is 3.51. The van der Waals surface area contributed by atoms with Crippen LogP contribution in [0.2, 0.25) is 0 Å². The van der Waals surface area contributed by atoms with Crippen molar-refractivity contribution in [3.05, 3.63) is 59.7 Å². The second kappa shape index (κ2) is 8.12. The second-order valence-corrected chi connectivity index (χ2v) is 5.32. The van der Waals surface area contributed by atoms with Crippen molar-refractivity contribution < 1.29 is 19.4 Å². The maximum absolute atomic E-state index is 12.0. The number of carbonyl (C=O) groups excluding carboxylic acids is 2. The molecule has 6 nitrogen and oxygen atoms in total. The minimum absolute atomic E-state index is 0.0933. The maximum atomic E-state index is 12.0. The molecule has 2 aromatic carbocycles. The van der Waals surface area contributed by atoms with Crippen LogP contribution in [0.25, 0.3) is 0 Å². The lowest BCUT2D eigenvalue weighted by atomic mass is 10.1. The first-order valence-corrected chi connectivity index (χ1v) is 7.50. The summed E-state index contributed by atoms with van der Waals surface area (Å²) in [5.74, 6) is -0.504. The average Bonchev–Trinajstić information content (AvgIpc) is 2.59. The van der Waals surface area contributed by atoms with Gasteiger partial charge in [0, 0.05) is 11.7 Å². The van der Waals surface area contributed by atoms with Gasteiger partial charge in [-0.25, -0.2) is 4.79 Å². The molecule has 0 fully saturated rings. The Hall–Kier alpha value is -2.86. The van der Waals surface area contributed by atoms with Gasteiger partial charge in [-0.2, -0.15) is 0 Å². The molecule has 0 aliphatic heterocycles. The molecule has 1 atom stereocenters. The summed E-state index contributed by atoms with van der Waals surface area (Å²) in [6.45, 7) is 2.00. The molecule has 1 amide bonds. The van der Waals surface area contributed by atoms with E-state index < -0.39 is 5.97 Å². The van der Waals surface area contributed by atoms with E-state index in [1.54, 1.807) is 42.5 Å². The normalized spacial score (nSPS) is 11.6. The van der Waals surface area contributed by atoms with E-state index >= 15 is 0 Å². The Labute approximate surface area is 140 Å². The van der Waals surface area contributed by atoms with E-state index in [0.29, 0.717) is 11.3 Å². The van der Waals surface area contributed by atoms with Gasteiger partial charge in [-0.15, -0.1) is 0 Å². The number of benzene rings is 2. The second-order valence-electron chi connectivity index (χ2n) is 5.32. The summed E-state index contributed by atoms with van der Waals surface area (Å²) in [6.07, 6.45) is 0. The zero-order valence-corrected chi connectivity index (χ0v) is 13.6. The van der Waals surface area contributed by atoms with Gasteiger partial charge in [-0.3, -0.25) is 4.79 Å². The Morgan fingerprint density at radius 3 is 2.62 bits per heavy atom. The Morgan fingerprint density at radius 2 is 1.92 bits per heavy atom. The molecule has 3 N–H and O–H groups in total. The summed E-state index contributed by atoms with van der Waals surface area (Å²) in [7, 11) is 1.31. The first-order chi connectivity index (χ1) is 11.5. The third kappa shape index (κ3) is 4.82. The highest BCUT2D eigenvalue weighted by molar-refractivity contribution is 5.95. The van der Waals surface area contributed by atoms with E-state index in [1.807, 2.05) is 13.0 Å². The van der Waals surface area contributed by atoms with Gasteiger partial charge in [0.2, 0.25) is 5.91 Å². The highest BCUT2D eigenvalue weighted by Crippen LogP contribution is 2.17. The summed E-state index contributed by atoms with van der Waals surface area (Å²) in [5.41, 5.74) is 1.78. The first-order valence-electron chi connectivity index (χ1n) is 7.50. The zero-order valence-electron chi connectivity index (χ0n) is 13.6. The van der Waals surface area contributed by atoms with Crippen LogP contribution in [0.3, 0.4) is 0 Å². The van der Waals surface area contributed by atoms with Crippen molar-refractivity contribution in [3.63, 3.8) is 0 Å². The quantitative estimate of drug-likeness (QED) is 0.709. The van der Waals surface area contributed by atoms with E-state index in [0.717, 1.165) is 5.56 Å². The van der Waals surface area contributed by atoms with Crippen LogP contribution in [0, 0.1) is 0 Å². The number of ether oxygens (including phenoxy) is 1. The Morgan fingerprint density at radius 1 is 1.17 bits per heavy atom. The molecule has 0 aromatic heterocycles. The summed E-state index contributed by atoms with van der Waals surface area (Å²) in [6, 6.07) is 13.3. The lowest BCUT2D eigenvalue weighted by molar-refractivity contribution is -0.115. The van der Waals surface area contributed by atoms with Crippen molar-refractivity contribution >= 4 is 17.6 Å². The van der Waals surface area contributed by atoms with Crippen LogP contribution in [0.1, 0.15) is 28.9 Å². The van der Waals surface area contributed by atoms with Crippen molar-refractivity contribution in [2.75, 3.05) is 19.0 Å². The van der Waals surface area contributed by atoms with E-state index in [9.17, 15) is 14.7 Å². The van der Waals surface area contributed by atoms with Gasteiger partial charge in [0.05, 0.1) is 19.2 Å². The van der Waals surface area contributed by atoms with E-state index in [4.69, 9.17) is 0 Å². The SMILES string of the molecule is COC(=O)c1cccc(NC(=O)CNC(C)c2cccc(O)c2)c1. The molecule has 6 heteroatoms. The number of nitrogens with one attached hydrogen (secondary N) is 2. The highest BCUT2D eigenvalue weighted by atomic mass is 16.5. The number of amides is 1. The number of anilines is 1. The van der Waals surface area contributed by atoms with Crippen LogP contribution in [0.4, 0.5) is 5.69 Å². The fourth-order valence-electron chi connectivity index (χ4n) is 2.20. The highest BCUT2D eigenvalue weighted by Gasteiger charge is 2.10. The van der Waals surface area contributed by atoms with Gasteiger partial charge in [-0.1, -0.05) is 18.2 Å². The largest absolute Gasteiger partial charge is 0.508 e. The number of esters is 1.